The van der Waals surface area contributed by atoms with Crippen LogP contribution in [0.3, 0.4) is 0 Å². The normalized spacial score (nSPS) is 16.4. The molecule has 2 amide bonds. The first-order valence-electron chi connectivity index (χ1n) is 5.80. The zero-order valence-electron chi connectivity index (χ0n) is 10.8. The molecule has 6 heteroatoms. The van der Waals surface area contributed by atoms with E-state index in [0.29, 0.717) is 28.2 Å². The lowest BCUT2D eigenvalue weighted by Crippen LogP contribution is -2.17. The van der Waals surface area contributed by atoms with E-state index < -0.39 is 11.1 Å². The van der Waals surface area contributed by atoms with E-state index in [-0.39, 0.29) is 5.75 Å². The molecule has 2 N–H and O–H groups in total. The smallest absolute Gasteiger partial charge is 0.290 e. The van der Waals surface area contributed by atoms with Gasteiger partial charge in [0.05, 0.1) is 12.0 Å². The summed E-state index contributed by atoms with van der Waals surface area (Å²) in [6.45, 7) is 3.63. The molecule has 1 aromatic carbocycles. The highest BCUT2D eigenvalue weighted by Gasteiger charge is 2.25. The fraction of sp³-hybridized carbons (Fsp3) is 0.143. The molecular formula is C14H13NO4S. The number of imide groups is 1. The van der Waals surface area contributed by atoms with Crippen LogP contribution in [0.1, 0.15) is 11.1 Å². The number of hydrogen-bond acceptors (Lipinski definition) is 5. The van der Waals surface area contributed by atoms with Crippen LogP contribution in [0.5, 0.6) is 11.5 Å². The summed E-state index contributed by atoms with van der Waals surface area (Å²) in [4.78, 5) is 22.9. The Labute approximate surface area is 120 Å². The van der Waals surface area contributed by atoms with Gasteiger partial charge in [0.25, 0.3) is 11.1 Å². The first kappa shape index (κ1) is 14.2. The Morgan fingerprint density at radius 1 is 1.45 bits per heavy atom. The van der Waals surface area contributed by atoms with Crippen LogP contribution in [0, 0.1) is 0 Å². The fourth-order valence-electron chi connectivity index (χ4n) is 1.81. The van der Waals surface area contributed by atoms with Gasteiger partial charge in [0.2, 0.25) is 0 Å². The Bertz CT molecular complexity index is 622. The Morgan fingerprint density at radius 3 is 2.75 bits per heavy atom. The van der Waals surface area contributed by atoms with Crippen molar-refractivity contribution in [2.75, 3.05) is 7.11 Å². The summed E-state index contributed by atoms with van der Waals surface area (Å²) in [7, 11) is 1.45. The molecule has 5 nitrogen and oxygen atoms in total. The molecule has 0 bridgehead atoms. The molecule has 104 valence electrons. The van der Waals surface area contributed by atoms with Crippen molar-refractivity contribution in [1.82, 2.24) is 5.32 Å². The summed E-state index contributed by atoms with van der Waals surface area (Å²) < 4.78 is 5.10. The minimum Gasteiger partial charge on any atom is -0.504 e. The van der Waals surface area contributed by atoms with E-state index in [1.165, 1.54) is 7.11 Å². The summed E-state index contributed by atoms with van der Waals surface area (Å²) in [6, 6.07) is 3.33. The Kier molecular flexibility index (Phi) is 4.14. The third-order valence-corrected chi connectivity index (χ3v) is 3.51. The molecule has 0 radical (unpaired) electrons. The van der Waals surface area contributed by atoms with Crippen LogP contribution in [-0.2, 0) is 11.2 Å². The standard InChI is InChI=1S/C14H13NO4S/c1-3-4-9-5-8(6-10(19-2)12(9)16)7-11-13(17)15-14(18)20-11/h3,5-7,16H,1,4H2,2H3,(H,15,17,18)/b11-7-. The van der Waals surface area contributed by atoms with Crippen molar-refractivity contribution >= 4 is 29.0 Å². The van der Waals surface area contributed by atoms with Crippen LogP contribution in [0.2, 0.25) is 0 Å². The number of amides is 2. The van der Waals surface area contributed by atoms with Gasteiger partial charge in [-0.3, -0.25) is 14.9 Å². The number of methoxy groups -OCH3 is 1. The maximum Gasteiger partial charge on any atom is 0.290 e. The highest BCUT2D eigenvalue weighted by Crippen LogP contribution is 2.34. The molecule has 0 atom stereocenters. The predicted molar refractivity (Wildman–Crippen MR) is 77.7 cm³/mol. The number of aromatic hydroxyl groups is 1. The molecule has 1 fully saturated rings. The fourth-order valence-corrected chi connectivity index (χ4v) is 2.49. The Morgan fingerprint density at radius 2 is 2.20 bits per heavy atom. The summed E-state index contributed by atoms with van der Waals surface area (Å²) >= 11 is 0.843. The summed E-state index contributed by atoms with van der Waals surface area (Å²) in [6.07, 6.45) is 3.71. The van der Waals surface area contributed by atoms with Gasteiger partial charge in [-0.05, 0) is 42.0 Å². The molecule has 0 spiro atoms. The van der Waals surface area contributed by atoms with E-state index in [1.807, 2.05) is 0 Å². The number of phenols is 1. The number of carbonyl (C=O) groups excluding carboxylic acids is 2. The van der Waals surface area contributed by atoms with Gasteiger partial charge >= 0.3 is 0 Å². The molecule has 20 heavy (non-hydrogen) atoms. The largest absolute Gasteiger partial charge is 0.504 e. The topological polar surface area (TPSA) is 75.6 Å². The first-order chi connectivity index (χ1) is 9.55. The molecule has 0 saturated carbocycles. The number of allylic oxidation sites excluding steroid dienone is 1. The molecule has 1 saturated heterocycles. The Hall–Kier alpha value is -2.21. The average molecular weight is 291 g/mol. The maximum absolute atomic E-state index is 11.5. The van der Waals surface area contributed by atoms with E-state index in [2.05, 4.69) is 11.9 Å². The van der Waals surface area contributed by atoms with Crippen molar-refractivity contribution in [2.24, 2.45) is 0 Å². The zero-order valence-corrected chi connectivity index (χ0v) is 11.6. The van der Waals surface area contributed by atoms with Crippen LogP contribution in [-0.4, -0.2) is 23.4 Å². The molecular weight excluding hydrogens is 278 g/mol. The zero-order chi connectivity index (χ0) is 14.7. The monoisotopic (exact) mass is 291 g/mol. The number of hydrogen-bond donors (Lipinski definition) is 2. The second-order valence-corrected chi connectivity index (χ2v) is 5.09. The van der Waals surface area contributed by atoms with Gasteiger partial charge in [0, 0.05) is 5.56 Å². The molecule has 1 heterocycles. The molecule has 0 aliphatic carbocycles. The second-order valence-electron chi connectivity index (χ2n) is 4.08. The van der Waals surface area contributed by atoms with Crippen LogP contribution in [0.15, 0.2) is 29.7 Å². The van der Waals surface area contributed by atoms with E-state index in [9.17, 15) is 14.7 Å². The number of ether oxygens (including phenoxy) is 1. The van der Waals surface area contributed by atoms with Crippen molar-refractivity contribution in [3.63, 3.8) is 0 Å². The summed E-state index contributed by atoms with van der Waals surface area (Å²) in [5, 5.41) is 11.8. The van der Waals surface area contributed by atoms with Gasteiger partial charge in [0.15, 0.2) is 11.5 Å². The molecule has 1 aliphatic rings. The lowest BCUT2D eigenvalue weighted by atomic mass is 10.1. The molecule has 0 aromatic heterocycles. The summed E-state index contributed by atoms with van der Waals surface area (Å²) in [5.41, 5.74) is 1.31. The van der Waals surface area contributed by atoms with Crippen LogP contribution in [0.25, 0.3) is 6.08 Å². The third kappa shape index (κ3) is 2.85. The number of benzene rings is 1. The average Bonchev–Trinajstić information content (AvgIpc) is 2.71. The van der Waals surface area contributed by atoms with E-state index in [4.69, 9.17) is 4.74 Å². The molecule has 2 rings (SSSR count). The first-order valence-corrected chi connectivity index (χ1v) is 6.62. The van der Waals surface area contributed by atoms with Crippen molar-refractivity contribution < 1.29 is 19.4 Å². The van der Waals surface area contributed by atoms with Crippen LogP contribution >= 0.6 is 11.8 Å². The van der Waals surface area contributed by atoms with E-state index in [0.717, 1.165) is 11.8 Å². The minimum atomic E-state index is -0.419. The minimum absolute atomic E-state index is 0.0501. The molecule has 0 unspecified atom stereocenters. The van der Waals surface area contributed by atoms with Crippen molar-refractivity contribution in [3.05, 3.63) is 40.8 Å². The van der Waals surface area contributed by atoms with Crippen molar-refractivity contribution in [3.8, 4) is 11.5 Å². The Balaban J connectivity index is 2.44. The number of nitrogens with one attached hydrogen (secondary N) is 1. The second kappa shape index (κ2) is 5.83. The van der Waals surface area contributed by atoms with Gasteiger partial charge < -0.3 is 9.84 Å². The van der Waals surface area contributed by atoms with Gasteiger partial charge in [-0.15, -0.1) is 6.58 Å². The van der Waals surface area contributed by atoms with Crippen LogP contribution in [0.4, 0.5) is 4.79 Å². The number of carbonyl (C=O) groups is 2. The number of rotatable bonds is 4. The molecule has 1 aliphatic heterocycles. The van der Waals surface area contributed by atoms with Crippen LogP contribution < -0.4 is 10.1 Å². The van der Waals surface area contributed by atoms with Gasteiger partial charge in [-0.25, -0.2) is 0 Å². The molecule has 1 aromatic rings. The number of thioether (sulfide) groups is 1. The highest BCUT2D eigenvalue weighted by atomic mass is 32.2. The maximum atomic E-state index is 11.5. The summed E-state index contributed by atoms with van der Waals surface area (Å²) in [5.74, 6) is -0.0580. The van der Waals surface area contributed by atoms with Crippen molar-refractivity contribution in [1.29, 1.82) is 0 Å². The van der Waals surface area contributed by atoms with Crippen molar-refractivity contribution in [2.45, 2.75) is 6.42 Å². The van der Waals surface area contributed by atoms with E-state index in [1.54, 1.807) is 24.3 Å². The third-order valence-electron chi connectivity index (χ3n) is 2.70. The van der Waals surface area contributed by atoms with Gasteiger partial charge in [-0.2, -0.15) is 0 Å². The number of phenolic OH excluding ortho intramolecular Hbond substituents is 1. The van der Waals surface area contributed by atoms with Gasteiger partial charge in [0.1, 0.15) is 0 Å². The quantitative estimate of drug-likeness (QED) is 0.658. The van der Waals surface area contributed by atoms with Gasteiger partial charge in [-0.1, -0.05) is 6.08 Å². The lowest BCUT2D eigenvalue weighted by Gasteiger charge is -2.09. The predicted octanol–water partition coefficient (Wildman–Crippen LogP) is 2.45. The lowest BCUT2D eigenvalue weighted by molar-refractivity contribution is -0.115. The SMILES string of the molecule is C=CCc1cc(/C=C2\SC(=O)NC2=O)cc(OC)c1O. The highest BCUT2D eigenvalue weighted by molar-refractivity contribution is 8.18. The van der Waals surface area contributed by atoms with E-state index >= 15 is 0 Å².